The van der Waals surface area contributed by atoms with Crippen LogP contribution < -0.4 is 5.32 Å². The Balaban J connectivity index is 0.00000225. The number of alkyl halides is 2. The molecular formula is C18H20Cl2F2N6. The minimum Gasteiger partial charge on any atom is -0.367 e. The molecule has 0 aromatic carbocycles. The van der Waals surface area contributed by atoms with E-state index in [9.17, 15) is 8.78 Å². The van der Waals surface area contributed by atoms with Gasteiger partial charge in [-0.2, -0.15) is 8.78 Å². The number of pyridine rings is 1. The zero-order valence-electron chi connectivity index (χ0n) is 14.9. The summed E-state index contributed by atoms with van der Waals surface area (Å²) >= 11 is 5.73. The van der Waals surface area contributed by atoms with Crippen LogP contribution in [0.15, 0.2) is 36.9 Å². The molecule has 1 aliphatic heterocycles. The molecule has 0 atom stereocenters. The smallest absolute Gasteiger partial charge is 0.302 e. The van der Waals surface area contributed by atoms with Crippen LogP contribution in [0.4, 0.5) is 14.6 Å². The van der Waals surface area contributed by atoms with Crippen molar-refractivity contribution in [3.05, 3.63) is 47.6 Å². The first-order chi connectivity index (χ1) is 13.0. The number of aromatic amines is 1. The summed E-state index contributed by atoms with van der Waals surface area (Å²) in [5.74, 6) is -2.23. The Bertz CT molecular complexity index is 910. The Morgan fingerprint density at radius 2 is 1.96 bits per heavy atom. The number of hydrogen-bond acceptors (Lipinski definition) is 5. The first kappa shape index (κ1) is 20.7. The molecule has 0 saturated carbocycles. The fourth-order valence-electron chi connectivity index (χ4n) is 3.37. The molecule has 0 amide bonds. The summed E-state index contributed by atoms with van der Waals surface area (Å²) in [6.07, 6.45) is 6.11. The summed E-state index contributed by atoms with van der Waals surface area (Å²) in [7, 11) is 0. The molecule has 1 saturated heterocycles. The van der Waals surface area contributed by atoms with Gasteiger partial charge in [0.1, 0.15) is 23.5 Å². The van der Waals surface area contributed by atoms with Crippen LogP contribution in [0.3, 0.4) is 0 Å². The molecule has 28 heavy (non-hydrogen) atoms. The van der Waals surface area contributed by atoms with E-state index in [0.717, 1.165) is 29.7 Å². The van der Waals surface area contributed by atoms with E-state index in [1.807, 2.05) is 12.3 Å². The van der Waals surface area contributed by atoms with Gasteiger partial charge in [0.25, 0.3) is 0 Å². The molecule has 150 valence electrons. The van der Waals surface area contributed by atoms with E-state index in [4.69, 9.17) is 11.6 Å². The largest absolute Gasteiger partial charge is 0.367 e. The molecule has 3 aromatic heterocycles. The second-order valence-corrected chi connectivity index (χ2v) is 7.16. The van der Waals surface area contributed by atoms with Crippen molar-refractivity contribution in [2.75, 3.05) is 25.0 Å². The molecule has 0 unspecified atom stereocenters. The first-order valence-electron chi connectivity index (χ1n) is 8.78. The number of aromatic nitrogens is 4. The number of nitrogens with one attached hydrogen (secondary N) is 2. The third-order valence-corrected chi connectivity index (χ3v) is 5.03. The molecule has 4 rings (SSSR count). The lowest BCUT2D eigenvalue weighted by Crippen LogP contribution is -2.44. The Kier molecular flexibility index (Phi) is 6.32. The van der Waals surface area contributed by atoms with Gasteiger partial charge < -0.3 is 10.3 Å². The van der Waals surface area contributed by atoms with E-state index in [-0.39, 0.29) is 30.7 Å². The highest BCUT2D eigenvalue weighted by molar-refractivity contribution is 6.30. The number of hydrogen-bond donors (Lipinski definition) is 2. The molecule has 3 aromatic rings. The zero-order chi connectivity index (χ0) is 18.9. The van der Waals surface area contributed by atoms with E-state index in [2.05, 4.69) is 25.3 Å². The molecule has 10 heteroatoms. The Hall–Kier alpha value is -2.03. The second kappa shape index (κ2) is 8.55. The Morgan fingerprint density at radius 3 is 2.68 bits per heavy atom. The van der Waals surface area contributed by atoms with Crippen LogP contribution in [0.1, 0.15) is 18.5 Å². The molecule has 4 heterocycles. The first-order valence-corrected chi connectivity index (χ1v) is 9.16. The van der Waals surface area contributed by atoms with Crippen LogP contribution >= 0.6 is 24.0 Å². The average Bonchev–Trinajstić information content (AvgIpc) is 3.13. The molecule has 0 bridgehead atoms. The normalized spacial score (nSPS) is 16.1. The molecule has 0 spiro atoms. The summed E-state index contributed by atoms with van der Waals surface area (Å²) in [5.41, 5.74) is 0.531. The lowest BCUT2D eigenvalue weighted by atomic mass is 10.0. The highest BCUT2D eigenvalue weighted by Gasteiger charge is 2.36. The summed E-state index contributed by atoms with van der Waals surface area (Å²) in [5, 5.41) is 4.70. The van der Waals surface area contributed by atoms with Crippen molar-refractivity contribution in [1.82, 2.24) is 24.8 Å². The van der Waals surface area contributed by atoms with Crippen LogP contribution in [0.2, 0.25) is 5.02 Å². The molecule has 1 fully saturated rings. The SMILES string of the molecule is Cl.FC(F)(CN1CCC(Nc2ncnc3[nH]ccc23)CC1)c1ccc(Cl)cn1. The number of H-pyrrole nitrogens is 1. The molecule has 0 radical (unpaired) electrons. The van der Waals surface area contributed by atoms with Gasteiger partial charge in [-0.05, 0) is 31.0 Å². The third kappa shape index (κ3) is 4.51. The van der Waals surface area contributed by atoms with Gasteiger partial charge in [0.15, 0.2) is 0 Å². The van der Waals surface area contributed by atoms with Gasteiger partial charge in [0.2, 0.25) is 0 Å². The number of piperidine rings is 1. The minimum atomic E-state index is -3.01. The maximum absolute atomic E-state index is 14.5. The minimum absolute atomic E-state index is 0. The van der Waals surface area contributed by atoms with Crippen LogP contribution in [0.25, 0.3) is 11.0 Å². The van der Waals surface area contributed by atoms with Crippen molar-refractivity contribution >= 4 is 40.9 Å². The van der Waals surface area contributed by atoms with Gasteiger partial charge in [-0.1, -0.05) is 11.6 Å². The lowest BCUT2D eigenvalue weighted by Gasteiger charge is -2.34. The molecule has 1 aliphatic rings. The second-order valence-electron chi connectivity index (χ2n) is 6.72. The van der Waals surface area contributed by atoms with Gasteiger partial charge in [0, 0.05) is 31.5 Å². The number of halogens is 4. The highest BCUT2D eigenvalue weighted by Crippen LogP contribution is 2.29. The van der Waals surface area contributed by atoms with Crippen LogP contribution in [-0.4, -0.2) is 50.5 Å². The number of fused-ring (bicyclic) bond motifs is 1. The van der Waals surface area contributed by atoms with E-state index in [1.54, 1.807) is 4.90 Å². The lowest BCUT2D eigenvalue weighted by molar-refractivity contribution is -0.0457. The quantitative estimate of drug-likeness (QED) is 0.640. The van der Waals surface area contributed by atoms with E-state index >= 15 is 0 Å². The van der Waals surface area contributed by atoms with Gasteiger partial charge in [-0.15, -0.1) is 12.4 Å². The van der Waals surface area contributed by atoms with Crippen molar-refractivity contribution in [2.24, 2.45) is 0 Å². The fraction of sp³-hybridized carbons (Fsp3) is 0.389. The van der Waals surface area contributed by atoms with Crippen molar-refractivity contribution in [2.45, 2.75) is 24.8 Å². The predicted molar refractivity (Wildman–Crippen MR) is 107 cm³/mol. The Morgan fingerprint density at radius 1 is 1.18 bits per heavy atom. The number of likely N-dealkylation sites (tertiary alicyclic amines) is 1. The molecule has 6 nitrogen and oxygen atoms in total. The number of nitrogens with zero attached hydrogens (tertiary/aromatic N) is 4. The predicted octanol–water partition coefficient (Wildman–Crippen LogP) is 4.10. The number of rotatable bonds is 5. The molecule has 0 aliphatic carbocycles. The molecule has 2 N–H and O–H groups in total. The van der Waals surface area contributed by atoms with E-state index < -0.39 is 5.92 Å². The van der Waals surface area contributed by atoms with Crippen LogP contribution in [-0.2, 0) is 5.92 Å². The zero-order valence-corrected chi connectivity index (χ0v) is 16.5. The van der Waals surface area contributed by atoms with Gasteiger partial charge in [0.05, 0.1) is 17.0 Å². The maximum Gasteiger partial charge on any atom is 0.302 e. The summed E-state index contributed by atoms with van der Waals surface area (Å²) in [4.78, 5) is 17.1. The summed E-state index contributed by atoms with van der Waals surface area (Å²) in [6, 6.07) is 4.84. The summed E-state index contributed by atoms with van der Waals surface area (Å²) < 4.78 is 28.9. The van der Waals surface area contributed by atoms with Gasteiger partial charge >= 0.3 is 5.92 Å². The van der Waals surface area contributed by atoms with Crippen LogP contribution in [0, 0.1) is 0 Å². The van der Waals surface area contributed by atoms with Crippen molar-refractivity contribution in [3.63, 3.8) is 0 Å². The van der Waals surface area contributed by atoms with Crippen molar-refractivity contribution < 1.29 is 8.78 Å². The highest BCUT2D eigenvalue weighted by atomic mass is 35.5. The van der Waals surface area contributed by atoms with E-state index in [0.29, 0.717) is 18.1 Å². The van der Waals surface area contributed by atoms with Crippen molar-refractivity contribution in [1.29, 1.82) is 0 Å². The van der Waals surface area contributed by atoms with Gasteiger partial charge in [-0.3, -0.25) is 9.88 Å². The van der Waals surface area contributed by atoms with Crippen LogP contribution in [0.5, 0.6) is 0 Å². The maximum atomic E-state index is 14.5. The standard InChI is InChI=1S/C18H19ClF2N6.ClH/c19-12-1-2-15(23-9-12)18(20,21)10-27-7-4-13(5-8-27)26-17-14-3-6-22-16(14)24-11-25-17;/h1-3,6,9,11,13H,4-5,7-8,10H2,(H2,22,24,25,26);1H. The Labute approximate surface area is 172 Å². The van der Waals surface area contributed by atoms with E-state index in [1.165, 1.54) is 24.7 Å². The van der Waals surface area contributed by atoms with Gasteiger partial charge in [-0.25, -0.2) is 9.97 Å². The number of anilines is 1. The molecular weight excluding hydrogens is 409 g/mol. The monoisotopic (exact) mass is 428 g/mol. The third-order valence-electron chi connectivity index (χ3n) is 4.81. The van der Waals surface area contributed by atoms with Crippen molar-refractivity contribution in [3.8, 4) is 0 Å². The summed E-state index contributed by atoms with van der Waals surface area (Å²) in [6.45, 7) is 0.828. The fourth-order valence-corrected chi connectivity index (χ4v) is 3.48. The topological polar surface area (TPSA) is 69.7 Å². The average molecular weight is 429 g/mol.